The Morgan fingerprint density at radius 1 is 1.42 bits per heavy atom. The quantitative estimate of drug-likeness (QED) is 0.593. The lowest BCUT2D eigenvalue weighted by atomic mass is 9.86. The number of piperidine rings is 1. The van der Waals surface area contributed by atoms with Crippen LogP contribution < -0.4 is 5.32 Å². The maximum Gasteiger partial charge on any atom is 0.322 e. The van der Waals surface area contributed by atoms with Crippen LogP contribution in [0.5, 0.6) is 0 Å². The van der Waals surface area contributed by atoms with Crippen molar-refractivity contribution in [3.63, 3.8) is 0 Å². The van der Waals surface area contributed by atoms with E-state index in [1.54, 1.807) is 0 Å². The Morgan fingerprint density at radius 2 is 2.08 bits per heavy atom. The van der Waals surface area contributed by atoms with Crippen LogP contribution in [0.1, 0.15) is 20.3 Å². The molecule has 0 aromatic heterocycles. The molecule has 70 valence electrons. The molecule has 1 fully saturated rings. The van der Waals surface area contributed by atoms with Crippen molar-refractivity contribution in [2.45, 2.75) is 26.3 Å². The van der Waals surface area contributed by atoms with Crippen molar-refractivity contribution in [2.24, 2.45) is 11.8 Å². The van der Waals surface area contributed by atoms with Gasteiger partial charge in [-0.05, 0) is 24.8 Å². The van der Waals surface area contributed by atoms with E-state index < -0.39 is 0 Å². The smallest absolute Gasteiger partial charge is 0.322 e. The molecule has 0 aliphatic carbocycles. The summed E-state index contributed by atoms with van der Waals surface area (Å²) in [5.74, 6) is 1.13. The van der Waals surface area contributed by atoms with Gasteiger partial charge in [-0.1, -0.05) is 13.8 Å². The highest BCUT2D eigenvalue weighted by molar-refractivity contribution is 5.75. The summed E-state index contributed by atoms with van der Waals surface area (Å²) in [6, 6.07) is -0.0822. The van der Waals surface area contributed by atoms with E-state index in [1.807, 2.05) is 0 Å². The minimum atomic E-state index is -0.131. The summed E-state index contributed by atoms with van der Waals surface area (Å²) in [5, 5.41) is 3.18. The van der Waals surface area contributed by atoms with Gasteiger partial charge in [0.15, 0.2) is 0 Å². The average molecular weight is 171 g/mol. The fourth-order valence-electron chi connectivity index (χ4n) is 1.54. The molecule has 12 heavy (non-hydrogen) atoms. The van der Waals surface area contributed by atoms with Crippen LogP contribution in [0.15, 0.2) is 0 Å². The first-order valence-electron chi connectivity index (χ1n) is 4.46. The van der Waals surface area contributed by atoms with E-state index in [1.165, 1.54) is 7.11 Å². The maximum atomic E-state index is 11.1. The molecule has 1 aliphatic heterocycles. The van der Waals surface area contributed by atoms with Gasteiger partial charge in [0.2, 0.25) is 0 Å². The van der Waals surface area contributed by atoms with E-state index in [0.717, 1.165) is 13.0 Å². The van der Waals surface area contributed by atoms with E-state index in [9.17, 15) is 4.79 Å². The summed E-state index contributed by atoms with van der Waals surface area (Å²) in [7, 11) is 1.44. The first kappa shape index (κ1) is 9.52. The highest BCUT2D eigenvalue weighted by atomic mass is 16.5. The Bertz CT molecular complexity index is 170. The highest BCUT2D eigenvalue weighted by Gasteiger charge is 2.28. The second-order valence-electron chi connectivity index (χ2n) is 3.67. The first-order chi connectivity index (χ1) is 5.65. The molecule has 0 spiro atoms. The monoisotopic (exact) mass is 171 g/mol. The summed E-state index contributed by atoms with van der Waals surface area (Å²) in [5.41, 5.74) is 0. The van der Waals surface area contributed by atoms with Crippen LogP contribution in [0.25, 0.3) is 0 Å². The van der Waals surface area contributed by atoms with Gasteiger partial charge in [0.05, 0.1) is 7.11 Å². The van der Waals surface area contributed by atoms with E-state index in [4.69, 9.17) is 0 Å². The Kier molecular flexibility index (Phi) is 3.09. The van der Waals surface area contributed by atoms with Gasteiger partial charge < -0.3 is 10.1 Å². The van der Waals surface area contributed by atoms with Crippen molar-refractivity contribution in [1.82, 2.24) is 5.32 Å². The predicted molar refractivity (Wildman–Crippen MR) is 46.8 cm³/mol. The SMILES string of the molecule is COC(=O)[C@@H]1C[C@H](C)[C@H](C)CN1. The minimum absolute atomic E-state index is 0.0822. The third-order valence-corrected chi connectivity index (χ3v) is 2.75. The number of methoxy groups -OCH3 is 1. The Labute approximate surface area is 73.5 Å². The van der Waals surface area contributed by atoms with E-state index in [0.29, 0.717) is 11.8 Å². The Hall–Kier alpha value is -0.570. The van der Waals surface area contributed by atoms with E-state index >= 15 is 0 Å². The number of esters is 1. The van der Waals surface area contributed by atoms with Crippen LogP contribution >= 0.6 is 0 Å². The van der Waals surface area contributed by atoms with Crippen molar-refractivity contribution >= 4 is 5.97 Å². The third kappa shape index (κ3) is 1.97. The van der Waals surface area contributed by atoms with Crippen molar-refractivity contribution in [1.29, 1.82) is 0 Å². The van der Waals surface area contributed by atoms with Crippen LogP contribution in [0.4, 0.5) is 0 Å². The molecule has 0 aromatic rings. The second kappa shape index (κ2) is 3.90. The molecular weight excluding hydrogens is 154 g/mol. The van der Waals surface area contributed by atoms with Crippen LogP contribution in [0.3, 0.4) is 0 Å². The summed E-state index contributed by atoms with van der Waals surface area (Å²) >= 11 is 0. The van der Waals surface area contributed by atoms with Gasteiger partial charge in [-0.3, -0.25) is 4.79 Å². The summed E-state index contributed by atoms with van der Waals surface area (Å²) in [6.45, 7) is 5.30. The largest absolute Gasteiger partial charge is 0.468 e. The van der Waals surface area contributed by atoms with Gasteiger partial charge in [-0.25, -0.2) is 0 Å². The molecule has 0 aromatic carbocycles. The van der Waals surface area contributed by atoms with Crippen molar-refractivity contribution in [2.75, 3.05) is 13.7 Å². The van der Waals surface area contributed by atoms with Gasteiger partial charge >= 0.3 is 5.97 Å². The summed E-state index contributed by atoms with van der Waals surface area (Å²) < 4.78 is 4.67. The van der Waals surface area contributed by atoms with E-state index in [2.05, 4.69) is 23.9 Å². The zero-order valence-corrected chi connectivity index (χ0v) is 7.96. The number of carbonyl (C=O) groups is 1. The molecule has 0 radical (unpaired) electrons. The summed E-state index contributed by atoms with van der Waals surface area (Å²) in [4.78, 5) is 11.1. The van der Waals surface area contributed by atoms with Crippen molar-refractivity contribution in [3.8, 4) is 0 Å². The molecule has 0 saturated carbocycles. The van der Waals surface area contributed by atoms with Gasteiger partial charge in [0.1, 0.15) is 6.04 Å². The van der Waals surface area contributed by atoms with Crippen LogP contribution in [-0.2, 0) is 9.53 Å². The number of carbonyl (C=O) groups excluding carboxylic acids is 1. The molecule has 1 heterocycles. The van der Waals surface area contributed by atoms with Crippen molar-refractivity contribution in [3.05, 3.63) is 0 Å². The number of rotatable bonds is 1. The topological polar surface area (TPSA) is 38.3 Å². The lowest BCUT2D eigenvalue weighted by Crippen LogP contribution is -2.47. The normalized spacial score (nSPS) is 36.1. The minimum Gasteiger partial charge on any atom is -0.468 e. The number of hydrogen-bond acceptors (Lipinski definition) is 3. The van der Waals surface area contributed by atoms with E-state index in [-0.39, 0.29) is 12.0 Å². The summed E-state index contributed by atoms with van der Waals surface area (Å²) in [6.07, 6.45) is 0.897. The molecule has 1 rings (SSSR count). The van der Waals surface area contributed by atoms with Gasteiger partial charge in [0, 0.05) is 0 Å². The number of hydrogen-bond donors (Lipinski definition) is 1. The molecule has 3 heteroatoms. The lowest BCUT2D eigenvalue weighted by Gasteiger charge is -2.31. The predicted octanol–water partition coefficient (Wildman–Crippen LogP) is 0.793. The molecule has 1 N–H and O–H groups in total. The Balaban J connectivity index is 2.45. The standard InChI is InChI=1S/C9H17NO2/c1-6-4-8(9(11)12-3)10-5-7(6)2/h6-8,10H,4-5H2,1-3H3/t6-,7+,8-/m0/s1. The zero-order valence-electron chi connectivity index (χ0n) is 7.96. The van der Waals surface area contributed by atoms with Gasteiger partial charge in [0.25, 0.3) is 0 Å². The molecular formula is C9H17NO2. The molecule has 3 atom stereocenters. The third-order valence-electron chi connectivity index (χ3n) is 2.75. The van der Waals surface area contributed by atoms with Crippen LogP contribution in [-0.4, -0.2) is 25.7 Å². The van der Waals surface area contributed by atoms with Crippen LogP contribution in [0, 0.1) is 11.8 Å². The second-order valence-corrected chi connectivity index (χ2v) is 3.67. The maximum absolute atomic E-state index is 11.1. The fraction of sp³-hybridized carbons (Fsp3) is 0.889. The number of nitrogens with one attached hydrogen (secondary N) is 1. The van der Waals surface area contributed by atoms with Gasteiger partial charge in [-0.15, -0.1) is 0 Å². The molecule has 3 nitrogen and oxygen atoms in total. The zero-order chi connectivity index (χ0) is 9.14. The molecule has 1 aliphatic rings. The molecule has 0 amide bonds. The first-order valence-corrected chi connectivity index (χ1v) is 4.46. The molecule has 1 saturated heterocycles. The van der Waals surface area contributed by atoms with Gasteiger partial charge in [-0.2, -0.15) is 0 Å². The average Bonchev–Trinajstić information content (AvgIpc) is 2.08. The molecule has 0 unspecified atom stereocenters. The van der Waals surface area contributed by atoms with Crippen molar-refractivity contribution < 1.29 is 9.53 Å². The molecule has 0 bridgehead atoms. The fourth-order valence-corrected chi connectivity index (χ4v) is 1.54. The highest BCUT2D eigenvalue weighted by Crippen LogP contribution is 2.21. The van der Waals surface area contributed by atoms with Crippen LogP contribution in [0.2, 0.25) is 0 Å². The Morgan fingerprint density at radius 3 is 2.58 bits per heavy atom. The number of ether oxygens (including phenoxy) is 1. The lowest BCUT2D eigenvalue weighted by molar-refractivity contribution is -0.144.